The first kappa shape index (κ1) is 17.7. The molecule has 9 heteroatoms. The zero-order valence-electron chi connectivity index (χ0n) is 13.5. The molecule has 2 aromatic carbocycles. The summed E-state index contributed by atoms with van der Waals surface area (Å²) in [5, 5.41) is 20.8. The predicted molar refractivity (Wildman–Crippen MR) is 99.2 cm³/mol. The van der Waals surface area contributed by atoms with Crippen LogP contribution in [0.15, 0.2) is 52.4 Å². The van der Waals surface area contributed by atoms with Crippen molar-refractivity contribution in [2.24, 2.45) is 0 Å². The second-order valence-corrected chi connectivity index (χ2v) is 8.50. The Bertz CT molecular complexity index is 1170. The van der Waals surface area contributed by atoms with Gasteiger partial charge < -0.3 is 0 Å². The first-order valence-corrected chi connectivity index (χ1v) is 10.0. The number of nitriles is 1. The van der Waals surface area contributed by atoms with Crippen LogP contribution in [0.5, 0.6) is 0 Å². The molecule has 0 atom stereocenters. The van der Waals surface area contributed by atoms with Gasteiger partial charge in [-0.05, 0) is 22.4 Å². The summed E-state index contributed by atoms with van der Waals surface area (Å²) < 4.78 is 22.6. The highest BCUT2D eigenvalue weighted by molar-refractivity contribution is 7.92. The summed E-state index contributed by atoms with van der Waals surface area (Å²) in [4.78, 5) is 12.3. The van der Waals surface area contributed by atoms with Crippen molar-refractivity contribution in [1.82, 2.24) is 10.2 Å². The first-order valence-electron chi connectivity index (χ1n) is 7.33. The van der Waals surface area contributed by atoms with Crippen molar-refractivity contribution >= 4 is 49.1 Å². The van der Waals surface area contributed by atoms with Crippen LogP contribution in [-0.4, -0.2) is 30.8 Å². The Kier molecular flexibility index (Phi) is 4.79. The van der Waals surface area contributed by atoms with E-state index in [4.69, 9.17) is 0 Å². The van der Waals surface area contributed by atoms with Gasteiger partial charge in [0.1, 0.15) is 11.6 Å². The number of carbonyl (C=O) groups is 1. The summed E-state index contributed by atoms with van der Waals surface area (Å²) >= 11 is 0.726. The number of benzene rings is 2. The maximum atomic E-state index is 12.3. The van der Waals surface area contributed by atoms with Gasteiger partial charge in [-0.25, -0.2) is 8.42 Å². The number of carbonyl (C=O) groups excluding carboxylic acids is 1. The van der Waals surface area contributed by atoms with Gasteiger partial charge >= 0.3 is 0 Å². The van der Waals surface area contributed by atoms with Gasteiger partial charge in [-0.2, -0.15) is 5.26 Å². The number of nitrogens with zero attached hydrogens (tertiary/aromatic N) is 3. The van der Waals surface area contributed by atoms with Crippen LogP contribution >= 0.6 is 11.3 Å². The van der Waals surface area contributed by atoms with E-state index in [-0.39, 0.29) is 15.0 Å². The monoisotopic (exact) mass is 384 g/mol. The van der Waals surface area contributed by atoms with Gasteiger partial charge in [0.15, 0.2) is 0 Å². The number of aromatic nitrogens is 2. The molecule has 1 heterocycles. The van der Waals surface area contributed by atoms with Crippen LogP contribution in [-0.2, 0) is 14.6 Å². The van der Waals surface area contributed by atoms with E-state index in [2.05, 4.69) is 15.5 Å². The maximum Gasteiger partial charge on any atom is 0.268 e. The zero-order valence-corrected chi connectivity index (χ0v) is 15.1. The van der Waals surface area contributed by atoms with Gasteiger partial charge in [-0.15, -0.1) is 10.2 Å². The Morgan fingerprint density at radius 2 is 1.92 bits per heavy atom. The quantitative estimate of drug-likeness (QED) is 0.420. The third kappa shape index (κ3) is 3.77. The average molecular weight is 384 g/mol. The SMILES string of the molecule is CS(=O)(=O)c1nnc(NC(=O)/C(C#N)=C/c2cccc3ccccc23)s1. The molecule has 0 radical (unpaired) electrons. The van der Waals surface area contributed by atoms with E-state index in [1.807, 2.05) is 42.5 Å². The summed E-state index contributed by atoms with van der Waals surface area (Å²) in [6, 6.07) is 15.1. The van der Waals surface area contributed by atoms with Crippen LogP contribution in [0.4, 0.5) is 5.13 Å². The summed E-state index contributed by atoms with van der Waals surface area (Å²) in [6.45, 7) is 0. The Morgan fingerprint density at radius 1 is 1.19 bits per heavy atom. The van der Waals surface area contributed by atoms with E-state index in [0.29, 0.717) is 0 Å². The Hall–Kier alpha value is -3.09. The highest BCUT2D eigenvalue weighted by Gasteiger charge is 2.17. The minimum Gasteiger partial charge on any atom is -0.296 e. The van der Waals surface area contributed by atoms with E-state index in [0.717, 1.165) is 33.9 Å². The maximum absolute atomic E-state index is 12.3. The van der Waals surface area contributed by atoms with Crippen LogP contribution in [0.3, 0.4) is 0 Å². The Morgan fingerprint density at radius 3 is 2.62 bits per heavy atom. The first-order chi connectivity index (χ1) is 12.4. The molecule has 0 aliphatic rings. The second-order valence-electron chi connectivity index (χ2n) is 5.34. The lowest BCUT2D eigenvalue weighted by Crippen LogP contribution is -2.13. The molecule has 0 aliphatic carbocycles. The fraction of sp³-hybridized carbons (Fsp3) is 0.0588. The normalized spacial score (nSPS) is 11.9. The third-order valence-corrected chi connectivity index (χ3v) is 5.94. The van der Waals surface area contributed by atoms with Crippen molar-refractivity contribution in [3.8, 4) is 6.07 Å². The number of hydrogen-bond donors (Lipinski definition) is 1. The average Bonchev–Trinajstić information content (AvgIpc) is 3.08. The predicted octanol–water partition coefficient (Wildman–Crippen LogP) is 2.64. The van der Waals surface area contributed by atoms with Crippen LogP contribution in [0.1, 0.15) is 5.56 Å². The van der Waals surface area contributed by atoms with Crippen molar-refractivity contribution in [2.45, 2.75) is 4.34 Å². The van der Waals surface area contributed by atoms with Gasteiger partial charge in [-0.3, -0.25) is 10.1 Å². The molecular weight excluding hydrogens is 372 g/mol. The van der Waals surface area contributed by atoms with Gasteiger partial charge in [0.2, 0.25) is 19.3 Å². The summed E-state index contributed by atoms with van der Waals surface area (Å²) in [7, 11) is -3.50. The molecule has 0 spiro atoms. The van der Waals surface area contributed by atoms with Crippen LogP contribution < -0.4 is 5.32 Å². The van der Waals surface area contributed by atoms with Crippen LogP contribution in [0.25, 0.3) is 16.8 Å². The van der Waals surface area contributed by atoms with Crippen molar-refractivity contribution < 1.29 is 13.2 Å². The number of anilines is 1. The lowest BCUT2D eigenvalue weighted by molar-refractivity contribution is -0.112. The molecule has 3 rings (SSSR count). The number of fused-ring (bicyclic) bond motifs is 1. The molecule has 1 N–H and O–H groups in total. The number of nitrogens with one attached hydrogen (secondary N) is 1. The van der Waals surface area contributed by atoms with Gasteiger partial charge in [0.25, 0.3) is 5.91 Å². The number of rotatable bonds is 4. The Labute approximate surface area is 153 Å². The molecule has 1 amide bonds. The van der Waals surface area contributed by atoms with Crippen molar-refractivity contribution in [2.75, 3.05) is 11.6 Å². The molecule has 3 aromatic rings. The van der Waals surface area contributed by atoms with Crippen LogP contribution in [0.2, 0.25) is 0 Å². The number of hydrogen-bond acceptors (Lipinski definition) is 7. The third-order valence-electron chi connectivity index (χ3n) is 3.43. The van der Waals surface area contributed by atoms with E-state index < -0.39 is 15.7 Å². The molecule has 0 saturated carbocycles. The molecule has 0 unspecified atom stereocenters. The lowest BCUT2D eigenvalue weighted by atomic mass is 10.0. The molecule has 0 fully saturated rings. The van der Waals surface area contributed by atoms with Crippen molar-refractivity contribution in [1.29, 1.82) is 5.26 Å². The molecule has 26 heavy (non-hydrogen) atoms. The summed E-state index contributed by atoms with van der Waals surface area (Å²) in [5.41, 5.74) is 0.598. The van der Waals surface area contributed by atoms with E-state index in [1.54, 1.807) is 6.07 Å². The minimum atomic E-state index is -3.50. The van der Waals surface area contributed by atoms with Crippen molar-refractivity contribution in [3.63, 3.8) is 0 Å². The van der Waals surface area contributed by atoms with E-state index in [9.17, 15) is 18.5 Å². The number of sulfone groups is 1. The molecule has 0 aliphatic heterocycles. The lowest BCUT2D eigenvalue weighted by Gasteiger charge is -2.03. The largest absolute Gasteiger partial charge is 0.296 e. The summed E-state index contributed by atoms with van der Waals surface area (Å²) in [5.74, 6) is -0.684. The Balaban J connectivity index is 1.91. The van der Waals surface area contributed by atoms with E-state index >= 15 is 0 Å². The van der Waals surface area contributed by atoms with Gasteiger partial charge in [0, 0.05) is 6.26 Å². The molecular formula is C17H12N4O3S2. The highest BCUT2D eigenvalue weighted by atomic mass is 32.2. The van der Waals surface area contributed by atoms with E-state index in [1.165, 1.54) is 6.08 Å². The second kappa shape index (κ2) is 7.03. The molecule has 0 saturated heterocycles. The topological polar surface area (TPSA) is 113 Å². The summed E-state index contributed by atoms with van der Waals surface area (Å²) in [6.07, 6.45) is 2.48. The zero-order chi connectivity index (χ0) is 18.7. The van der Waals surface area contributed by atoms with Gasteiger partial charge in [-0.1, -0.05) is 53.8 Å². The van der Waals surface area contributed by atoms with Crippen LogP contribution in [0, 0.1) is 11.3 Å². The van der Waals surface area contributed by atoms with Crippen molar-refractivity contribution in [3.05, 3.63) is 53.6 Å². The highest BCUT2D eigenvalue weighted by Crippen LogP contribution is 2.23. The van der Waals surface area contributed by atoms with Gasteiger partial charge in [0.05, 0.1) is 0 Å². The smallest absolute Gasteiger partial charge is 0.268 e. The molecule has 130 valence electrons. The molecule has 0 bridgehead atoms. The fourth-order valence-corrected chi connectivity index (χ4v) is 3.76. The number of amides is 1. The minimum absolute atomic E-state index is 0.00879. The molecule has 7 nitrogen and oxygen atoms in total. The fourth-order valence-electron chi connectivity index (χ4n) is 2.26. The molecule has 1 aromatic heterocycles. The standard InChI is InChI=1S/C17H12N4O3S2/c1-26(23,24)17-21-20-16(25-17)19-15(22)13(10-18)9-12-7-4-6-11-5-2-3-8-14(11)12/h2-9H,1H3,(H,19,20,22)/b13-9+.